The Morgan fingerprint density at radius 3 is 2.88 bits per heavy atom. The Bertz CT molecular complexity index is 588. The van der Waals surface area contributed by atoms with Crippen LogP contribution in [0, 0.1) is 11.6 Å². The number of nitrogens with zero attached hydrogens (tertiary/aromatic N) is 1. The van der Waals surface area contributed by atoms with E-state index in [-0.39, 0.29) is 0 Å². The average Bonchev–Trinajstić information content (AvgIpc) is 2.59. The van der Waals surface area contributed by atoms with E-state index < -0.39 is 11.6 Å². The zero-order valence-corrected chi connectivity index (χ0v) is 14.1. The summed E-state index contributed by atoms with van der Waals surface area (Å²) in [7, 11) is 0. The molecule has 4 nitrogen and oxygen atoms in total. The van der Waals surface area contributed by atoms with Gasteiger partial charge in [0.2, 0.25) is 0 Å². The summed E-state index contributed by atoms with van der Waals surface area (Å²) < 4.78 is 32.0. The highest BCUT2D eigenvalue weighted by atomic mass is 19.1. The van der Waals surface area contributed by atoms with Gasteiger partial charge in [-0.15, -0.1) is 0 Å². The number of aliphatic imine (C=N–C) groups is 1. The topological polar surface area (TPSA) is 45.7 Å². The van der Waals surface area contributed by atoms with Gasteiger partial charge in [-0.05, 0) is 49.9 Å². The average molecular weight is 337 g/mol. The van der Waals surface area contributed by atoms with Crippen LogP contribution in [0.25, 0.3) is 0 Å². The standard InChI is InChI=1S/C18H25F2N3O/c1-2-21-18(22-9-5-14-7-11-24-12-8-14)23-10-6-15-13-16(19)3-4-17(15)20/h3-4,7,13H,2,5-6,8-12H2,1H3,(H2,21,22,23). The molecule has 1 aromatic rings. The lowest BCUT2D eigenvalue weighted by Crippen LogP contribution is -2.38. The van der Waals surface area contributed by atoms with E-state index in [1.54, 1.807) is 0 Å². The molecule has 0 atom stereocenters. The van der Waals surface area contributed by atoms with Gasteiger partial charge in [0.05, 0.1) is 13.2 Å². The van der Waals surface area contributed by atoms with Crippen LogP contribution in [0.1, 0.15) is 25.3 Å². The van der Waals surface area contributed by atoms with Crippen molar-refractivity contribution in [2.24, 2.45) is 4.99 Å². The summed E-state index contributed by atoms with van der Waals surface area (Å²) in [6.45, 7) is 5.40. The SMILES string of the molecule is CCNC(=NCCc1cc(F)ccc1F)NCCC1=CCOCC1. The Balaban J connectivity index is 1.81. The van der Waals surface area contributed by atoms with Gasteiger partial charge < -0.3 is 15.4 Å². The molecule has 2 rings (SSSR count). The molecule has 0 aromatic heterocycles. The summed E-state index contributed by atoms with van der Waals surface area (Å²) in [6, 6.07) is 3.50. The fourth-order valence-electron chi connectivity index (χ4n) is 2.50. The predicted molar refractivity (Wildman–Crippen MR) is 92.2 cm³/mol. The molecule has 0 unspecified atom stereocenters. The highest BCUT2D eigenvalue weighted by Gasteiger charge is 2.05. The molecule has 0 aliphatic carbocycles. The third kappa shape index (κ3) is 6.28. The van der Waals surface area contributed by atoms with E-state index in [1.807, 2.05) is 6.92 Å². The molecule has 0 spiro atoms. The van der Waals surface area contributed by atoms with Crippen molar-refractivity contribution >= 4 is 5.96 Å². The van der Waals surface area contributed by atoms with E-state index in [2.05, 4.69) is 21.7 Å². The zero-order valence-electron chi connectivity index (χ0n) is 14.1. The Kier molecular flexibility index (Phi) is 7.68. The first-order valence-electron chi connectivity index (χ1n) is 8.40. The molecule has 0 saturated heterocycles. The fourth-order valence-corrected chi connectivity index (χ4v) is 2.50. The molecule has 24 heavy (non-hydrogen) atoms. The van der Waals surface area contributed by atoms with Gasteiger partial charge in [0.1, 0.15) is 11.6 Å². The molecule has 132 valence electrons. The Labute approximate surface area is 142 Å². The second-order valence-electron chi connectivity index (χ2n) is 5.61. The van der Waals surface area contributed by atoms with E-state index in [0.29, 0.717) is 31.1 Å². The molecule has 6 heteroatoms. The fraction of sp³-hybridized carbons (Fsp3) is 0.500. The van der Waals surface area contributed by atoms with E-state index in [1.165, 1.54) is 11.6 Å². The van der Waals surface area contributed by atoms with Crippen LogP contribution in [-0.4, -0.2) is 38.8 Å². The van der Waals surface area contributed by atoms with Crippen LogP contribution in [0.2, 0.25) is 0 Å². The highest BCUT2D eigenvalue weighted by Crippen LogP contribution is 2.11. The van der Waals surface area contributed by atoms with Gasteiger partial charge >= 0.3 is 0 Å². The van der Waals surface area contributed by atoms with Crippen LogP contribution in [0.5, 0.6) is 0 Å². The van der Waals surface area contributed by atoms with Crippen LogP contribution >= 0.6 is 0 Å². The lowest BCUT2D eigenvalue weighted by atomic mass is 10.1. The molecule has 2 N–H and O–H groups in total. The summed E-state index contributed by atoms with van der Waals surface area (Å²) in [5.41, 5.74) is 1.74. The van der Waals surface area contributed by atoms with Crippen molar-refractivity contribution in [3.63, 3.8) is 0 Å². The Morgan fingerprint density at radius 2 is 2.12 bits per heavy atom. The van der Waals surface area contributed by atoms with Crippen molar-refractivity contribution in [1.82, 2.24) is 10.6 Å². The minimum absolute atomic E-state index is 0.349. The molecule has 1 aromatic carbocycles. The van der Waals surface area contributed by atoms with Gasteiger partial charge in [-0.1, -0.05) is 11.6 Å². The maximum atomic E-state index is 13.6. The van der Waals surface area contributed by atoms with E-state index >= 15 is 0 Å². The quantitative estimate of drug-likeness (QED) is 0.457. The van der Waals surface area contributed by atoms with E-state index in [9.17, 15) is 8.78 Å². The number of hydrogen-bond acceptors (Lipinski definition) is 2. The van der Waals surface area contributed by atoms with Crippen molar-refractivity contribution in [1.29, 1.82) is 0 Å². The zero-order chi connectivity index (χ0) is 17.2. The maximum Gasteiger partial charge on any atom is 0.191 e. The second kappa shape index (κ2) is 10.0. The van der Waals surface area contributed by atoms with Gasteiger partial charge in [0, 0.05) is 19.6 Å². The molecule has 1 aliphatic heterocycles. The number of hydrogen-bond donors (Lipinski definition) is 2. The van der Waals surface area contributed by atoms with E-state index in [4.69, 9.17) is 4.74 Å². The molecule has 0 radical (unpaired) electrons. The molecule has 0 fully saturated rings. The van der Waals surface area contributed by atoms with Gasteiger partial charge in [0.15, 0.2) is 5.96 Å². The van der Waals surface area contributed by atoms with Crippen molar-refractivity contribution in [2.75, 3.05) is 32.8 Å². The first-order valence-corrected chi connectivity index (χ1v) is 8.40. The van der Waals surface area contributed by atoms with Crippen molar-refractivity contribution in [2.45, 2.75) is 26.2 Å². The number of rotatable bonds is 7. The molecule has 0 saturated carbocycles. The normalized spacial score (nSPS) is 15.1. The number of halogens is 2. The van der Waals surface area contributed by atoms with Crippen LogP contribution in [0.4, 0.5) is 8.78 Å². The van der Waals surface area contributed by atoms with E-state index in [0.717, 1.165) is 44.7 Å². The van der Waals surface area contributed by atoms with Gasteiger partial charge in [-0.2, -0.15) is 0 Å². The van der Waals surface area contributed by atoms with Gasteiger partial charge in [0.25, 0.3) is 0 Å². The minimum atomic E-state index is -0.426. The van der Waals surface area contributed by atoms with Crippen LogP contribution in [0.3, 0.4) is 0 Å². The third-order valence-corrected chi connectivity index (χ3v) is 3.80. The summed E-state index contributed by atoms with van der Waals surface area (Å²) >= 11 is 0. The first-order chi connectivity index (χ1) is 11.7. The van der Waals surface area contributed by atoms with Gasteiger partial charge in [-0.3, -0.25) is 4.99 Å². The molecular formula is C18H25F2N3O. The van der Waals surface area contributed by atoms with Crippen LogP contribution in [-0.2, 0) is 11.2 Å². The minimum Gasteiger partial charge on any atom is -0.377 e. The summed E-state index contributed by atoms with van der Waals surface area (Å²) in [4.78, 5) is 4.42. The Morgan fingerprint density at radius 1 is 1.25 bits per heavy atom. The maximum absolute atomic E-state index is 13.6. The predicted octanol–water partition coefficient (Wildman–Crippen LogP) is 2.80. The lowest BCUT2D eigenvalue weighted by molar-refractivity contribution is 0.153. The second-order valence-corrected chi connectivity index (χ2v) is 5.61. The molecule has 0 bridgehead atoms. The highest BCUT2D eigenvalue weighted by molar-refractivity contribution is 5.79. The smallest absolute Gasteiger partial charge is 0.191 e. The largest absolute Gasteiger partial charge is 0.377 e. The number of ether oxygens (including phenoxy) is 1. The van der Waals surface area contributed by atoms with Crippen LogP contribution in [0.15, 0.2) is 34.8 Å². The van der Waals surface area contributed by atoms with Crippen molar-refractivity contribution in [3.05, 3.63) is 47.0 Å². The monoisotopic (exact) mass is 337 g/mol. The summed E-state index contributed by atoms with van der Waals surface area (Å²) in [6.07, 6.45) is 4.42. The lowest BCUT2D eigenvalue weighted by Gasteiger charge is -2.15. The molecular weight excluding hydrogens is 312 g/mol. The van der Waals surface area contributed by atoms with Crippen LogP contribution < -0.4 is 10.6 Å². The Hall–Kier alpha value is -1.95. The summed E-state index contributed by atoms with van der Waals surface area (Å²) in [5.74, 6) is -0.122. The number of guanidine groups is 1. The molecule has 0 amide bonds. The summed E-state index contributed by atoms with van der Waals surface area (Å²) in [5, 5.41) is 6.43. The molecule has 1 heterocycles. The van der Waals surface area contributed by atoms with Gasteiger partial charge in [-0.25, -0.2) is 8.78 Å². The number of benzene rings is 1. The van der Waals surface area contributed by atoms with Crippen molar-refractivity contribution in [3.8, 4) is 0 Å². The molecule has 1 aliphatic rings. The third-order valence-electron chi connectivity index (χ3n) is 3.80. The first kappa shape index (κ1) is 18.4. The van der Waals surface area contributed by atoms with Crippen molar-refractivity contribution < 1.29 is 13.5 Å². The number of nitrogens with one attached hydrogen (secondary N) is 2.